The summed E-state index contributed by atoms with van der Waals surface area (Å²) in [6.07, 6.45) is 1.50. The summed E-state index contributed by atoms with van der Waals surface area (Å²) in [5, 5.41) is 10.9. The van der Waals surface area contributed by atoms with Crippen molar-refractivity contribution in [2.24, 2.45) is 0 Å². The van der Waals surface area contributed by atoms with Crippen molar-refractivity contribution < 1.29 is 14.5 Å². The number of hydrogen-bond donors (Lipinski definition) is 0. The van der Waals surface area contributed by atoms with Gasteiger partial charge in [0.25, 0.3) is 0 Å². The normalized spacial score (nSPS) is 9.89. The molecular formula is C11H15N3O4. The van der Waals surface area contributed by atoms with Gasteiger partial charge in [-0.15, -0.1) is 0 Å². The number of ether oxygens (including phenoxy) is 1. The van der Waals surface area contributed by atoms with E-state index in [1.807, 2.05) is 6.92 Å². The maximum absolute atomic E-state index is 10.9. The highest BCUT2D eigenvalue weighted by atomic mass is 16.6. The number of rotatable bonds is 6. The largest absolute Gasteiger partial charge is 0.464 e. The third kappa shape index (κ3) is 3.69. The summed E-state index contributed by atoms with van der Waals surface area (Å²) in [6, 6.07) is 2.92. The fourth-order valence-electron chi connectivity index (χ4n) is 1.49. The first-order valence-corrected chi connectivity index (χ1v) is 5.54. The lowest BCUT2D eigenvalue weighted by atomic mass is 10.3. The van der Waals surface area contributed by atoms with Gasteiger partial charge >= 0.3 is 11.7 Å². The second-order valence-corrected chi connectivity index (χ2v) is 3.52. The molecule has 0 aromatic carbocycles. The molecular weight excluding hydrogens is 238 g/mol. The van der Waals surface area contributed by atoms with Crippen LogP contribution in [0.3, 0.4) is 0 Å². The van der Waals surface area contributed by atoms with Gasteiger partial charge in [0.15, 0.2) is 0 Å². The molecule has 0 bridgehead atoms. The Morgan fingerprint density at radius 1 is 1.61 bits per heavy atom. The molecule has 0 N–H and O–H groups in total. The Labute approximate surface area is 105 Å². The van der Waals surface area contributed by atoms with E-state index in [1.165, 1.54) is 25.3 Å². The van der Waals surface area contributed by atoms with Crippen LogP contribution in [0.15, 0.2) is 18.3 Å². The number of carbonyl (C=O) groups excluding carboxylic acids is 1. The number of aromatic nitrogens is 1. The van der Waals surface area contributed by atoms with Gasteiger partial charge in [-0.2, -0.15) is 0 Å². The fraction of sp³-hybridized carbons (Fsp3) is 0.455. The molecule has 0 aliphatic rings. The minimum Gasteiger partial charge on any atom is -0.464 e. The van der Waals surface area contributed by atoms with E-state index in [9.17, 15) is 14.9 Å². The third-order valence-corrected chi connectivity index (χ3v) is 2.31. The predicted molar refractivity (Wildman–Crippen MR) is 65.4 cm³/mol. The second kappa shape index (κ2) is 6.53. The highest BCUT2D eigenvalue weighted by Crippen LogP contribution is 2.24. The highest BCUT2D eigenvalue weighted by Gasteiger charge is 2.19. The number of nitrogens with zero attached hydrogens (tertiary/aromatic N) is 3. The lowest BCUT2D eigenvalue weighted by Gasteiger charge is -2.20. The molecule has 7 heteroatoms. The van der Waals surface area contributed by atoms with Crippen molar-refractivity contribution >= 4 is 17.5 Å². The second-order valence-electron chi connectivity index (χ2n) is 3.52. The zero-order valence-corrected chi connectivity index (χ0v) is 10.3. The Bertz CT molecular complexity index is 436. The highest BCUT2D eigenvalue weighted by molar-refractivity contribution is 5.66. The summed E-state index contributed by atoms with van der Waals surface area (Å²) < 4.78 is 4.82. The molecule has 7 nitrogen and oxygen atoms in total. The molecule has 1 aromatic heterocycles. The summed E-state index contributed by atoms with van der Waals surface area (Å²) in [7, 11) is 0. The van der Waals surface area contributed by atoms with Crippen LogP contribution >= 0.6 is 0 Å². The van der Waals surface area contributed by atoms with Gasteiger partial charge in [-0.25, -0.2) is 4.98 Å². The smallest absolute Gasteiger partial charge is 0.311 e. The van der Waals surface area contributed by atoms with E-state index < -0.39 is 4.92 Å². The quantitative estimate of drug-likeness (QED) is 0.432. The molecule has 0 aliphatic carbocycles. The lowest BCUT2D eigenvalue weighted by Crippen LogP contribution is -2.29. The zero-order chi connectivity index (χ0) is 13.5. The standard InChI is InChI=1S/C11H15N3O4/c1-3-13(7-8-18-9(2)15)11-10(14(16)17)5-4-6-12-11/h4-6H,3,7-8H2,1-2H3. The number of anilines is 1. The molecule has 1 aromatic rings. The van der Waals surface area contributed by atoms with Crippen molar-refractivity contribution in [3.8, 4) is 0 Å². The molecule has 0 fully saturated rings. The average Bonchev–Trinajstić information content (AvgIpc) is 2.34. The van der Waals surface area contributed by atoms with Crippen LogP contribution in [0.1, 0.15) is 13.8 Å². The van der Waals surface area contributed by atoms with Crippen LogP contribution in [0.4, 0.5) is 11.5 Å². The zero-order valence-electron chi connectivity index (χ0n) is 10.3. The molecule has 0 amide bonds. The molecule has 0 saturated heterocycles. The SMILES string of the molecule is CCN(CCOC(C)=O)c1ncccc1[N+](=O)[O-]. The molecule has 1 heterocycles. The Hall–Kier alpha value is -2.18. The van der Waals surface area contributed by atoms with Crippen molar-refractivity contribution in [1.29, 1.82) is 0 Å². The van der Waals surface area contributed by atoms with Gasteiger partial charge in [-0.1, -0.05) is 0 Å². The van der Waals surface area contributed by atoms with Crippen LogP contribution in [-0.2, 0) is 9.53 Å². The number of esters is 1. The van der Waals surface area contributed by atoms with E-state index in [-0.39, 0.29) is 24.1 Å². The van der Waals surface area contributed by atoms with Gasteiger partial charge in [-0.3, -0.25) is 14.9 Å². The molecule has 1 rings (SSSR count). The van der Waals surface area contributed by atoms with Crippen LogP contribution in [-0.4, -0.2) is 35.6 Å². The van der Waals surface area contributed by atoms with E-state index in [4.69, 9.17) is 4.74 Å². The topological polar surface area (TPSA) is 85.6 Å². The minimum atomic E-state index is -0.475. The van der Waals surface area contributed by atoms with E-state index >= 15 is 0 Å². The Morgan fingerprint density at radius 2 is 2.33 bits per heavy atom. The maximum Gasteiger partial charge on any atom is 0.311 e. The number of nitro groups is 1. The van der Waals surface area contributed by atoms with Gasteiger partial charge in [0, 0.05) is 25.7 Å². The summed E-state index contributed by atoms with van der Waals surface area (Å²) in [5.41, 5.74) is -0.0535. The molecule has 0 aliphatic heterocycles. The van der Waals surface area contributed by atoms with Crippen molar-refractivity contribution in [3.05, 3.63) is 28.4 Å². The Kier molecular flexibility index (Phi) is 5.04. The summed E-state index contributed by atoms with van der Waals surface area (Å²) in [4.78, 5) is 26.8. The van der Waals surface area contributed by atoms with Crippen LogP contribution in [0.2, 0.25) is 0 Å². The van der Waals surface area contributed by atoms with E-state index in [2.05, 4.69) is 4.98 Å². The summed E-state index contributed by atoms with van der Waals surface area (Å²) >= 11 is 0. The number of hydrogen-bond acceptors (Lipinski definition) is 6. The molecule has 0 spiro atoms. The van der Waals surface area contributed by atoms with Gasteiger partial charge in [0.1, 0.15) is 6.61 Å². The van der Waals surface area contributed by atoms with Crippen LogP contribution in [0, 0.1) is 10.1 Å². The van der Waals surface area contributed by atoms with Crippen molar-refractivity contribution in [2.75, 3.05) is 24.6 Å². The number of pyridine rings is 1. The molecule has 18 heavy (non-hydrogen) atoms. The van der Waals surface area contributed by atoms with Gasteiger partial charge in [0.05, 0.1) is 11.5 Å². The summed E-state index contributed by atoms with van der Waals surface area (Å²) in [5.74, 6) is -0.0845. The Balaban J connectivity index is 2.81. The molecule has 0 unspecified atom stereocenters. The lowest BCUT2D eigenvalue weighted by molar-refractivity contribution is -0.384. The average molecular weight is 253 g/mol. The summed E-state index contributed by atoms with van der Waals surface area (Å²) in [6.45, 7) is 4.26. The third-order valence-electron chi connectivity index (χ3n) is 2.31. The van der Waals surface area contributed by atoms with E-state index in [1.54, 1.807) is 4.90 Å². The molecule has 0 radical (unpaired) electrons. The van der Waals surface area contributed by atoms with Crippen LogP contribution in [0.25, 0.3) is 0 Å². The van der Waals surface area contributed by atoms with E-state index in [0.717, 1.165) is 0 Å². The first kappa shape index (κ1) is 13.9. The first-order valence-electron chi connectivity index (χ1n) is 5.54. The fourth-order valence-corrected chi connectivity index (χ4v) is 1.49. The van der Waals surface area contributed by atoms with Gasteiger partial charge in [0.2, 0.25) is 5.82 Å². The first-order chi connectivity index (χ1) is 8.56. The predicted octanol–water partition coefficient (Wildman–Crippen LogP) is 1.38. The number of likely N-dealkylation sites (N-methyl/N-ethyl adjacent to an activating group) is 1. The van der Waals surface area contributed by atoms with E-state index in [0.29, 0.717) is 13.1 Å². The van der Waals surface area contributed by atoms with Crippen molar-refractivity contribution in [3.63, 3.8) is 0 Å². The monoisotopic (exact) mass is 253 g/mol. The van der Waals surface area contributed by atoms with Crippen molar-refractivity contribution in [1.82, 2.24) is 4.98 Å². The van der Waals surface area contributed by atoms with Crippen LogP contribution < -0.4 is 4.90 Å². The van der Waals surface area contributed by atoms with Gasteiger partial charge < -0.3 is 9.64 Å². The van der Waals surface area contributed by atoms with Crippen molar-refractivity contribution in [2.45, 2.75) is 13.8 Å². The van der Waals surface area contributed by atoms with Gasteiger partial charge in [-0.05, 0) is 13.0 Å². The molecule has 98 valence electrons. The van der Waals surface area contributed by atoms with Crippen LogP contribution in [0.5, 0.6) is 0 Å². The minimum absolute atomic E-state index is 0.0535. The maximum atomic E-state index is 10.9. The Morgan fingerprint density at radius 3 is 2.89 bits per heavy atom. The number of carbonyl (C=O) groups is 1. The molecule has 0 atom stereocenters. The molecule has 0 saturated carbocycles.